The van der Waals surface area contributed by atoms with Gasteiger partial charge in [0.1, 0.15) is 23.1 Å². The lowest BCUT2D eigenvalue weighted by molar-refractivity contribution is 0.335. The van der Waals surface area contributed by atoms with E-state index in [1.165, 1.54) is 32.1 Å². The van der Waals surface area contributed by atoms with Gasteiger partial charge in [0, 0.05) is 6.54 Å². The van der Waals surface area contributed by atoms with Gasteiger partial charge in [0.25, 0.3) is 5.56 Å². The van der Waals surface area contributed by atoms with Crippen LogP contribution in [-0.4, -0.2) is 16.7 Å². The Morgan fingerprint density at radius 2 is 1.65 bits per heavy atom. The van der Waals surface area contributed by atoms with Crippen molar-refractivity contribution in [2.45, 2.75) is 65.3 Å². The van der Waals surface area contributed by atoms with E-state index >= 15 is 0 Å². The minimum Gasteiger partial charge on any atom is -0.496 e. The molecule has 1 aliphatic rings. The first-order valence-electron chi connectivity index (χ1n) is 13.5. The molecule has 5 nitrogen and oxygen atoms in total. The molecule has 1 heterocycles. The maximum atomic E-state index is 14.1. The van der Waals surface area contributed by atoms with E-state index < -0.39 is 0 Å². The smallest absolute Gasteiger partial charge is 0.261 e. The van der Waals surface area contributed by atoms with E-state index in [4.69, 9.17) is 14.5 Å². The Morgan fingerprint density at radius 3 is 2.43 bits per heavy atom. The van der Waals surface area contributed by atoms with E-state index in [0.717, 1.165) is 41.0 Å². The average molecular weight is 497 g/mol. The first-order valence-corrected chi connectivity index (χ1v) is 13.5. The molecule has 0 atom stereocenters. The number of hydrogen-bond donors (Lipinski definition) is 0. The second-order valence-electron chi connectivity index (χ2n) is 10.3. The van der Waals surface area contributed by atoms with Crippen LogP contribution in [-0.2, 0) is 6.54 Å². The second-order valence-corrected chi connectivity index (χ2v) is 10.3. The fourth-order valence-corrected chi connectivity index (χ4v) is 5.39. The van der Waals surface area contributed by atoms with Crippen LogP contribution < -0.4 is 15.0 Å². The zero-order chi connectivity index (χ0) is 25.8. The van der Waals surface area contributed by atoms with E-state index in [9.17, 15) is 4.79 Å². The van der Waals surface area contributed by atoms with Crippen LogP contribution in [0.15, 0.2) is 65.5 Å². The standard InChI is InChI=1S/C32H36N2O3/c1-22-15-16-23(2)30(19-22)37-25-17-18-28-27(20-25)32(35)34(21-24-11-7-5-4-6-8-12-24)31(33-28)26-13-9-10-14-29(26)36-3/h9-10,13-20,24H,4-8,11-12,21H2,1-3H3. The summed E-state index contributed by atoms with van der Waals surface area (Å²) < 4.78 is 13.8. The molecular formula is C32H36N2O3. The first-order chi connectivity index (χ1) is 18.0. The third kappa shape index (κ3) is 5.56. The van der Waals surface area contributed by atoms with E-state index in [1.54, 1.807) is 7.11 Å². The number of hydrogen-bond acceptors (Lipinski definition) is 4. The van der Waals surface area contributed by atoms with Gasteiger partial charge in [0.15, 0.2) is 0 Å². The lowest BCUT2D eigenvalue weighted by Gasteiger charge is -2.23. The van der Waals surface area contributed by atoms with Crippen LogP contribution in [0.1, 0.15) is 56.1 Å². The molecule has 192 valence electrons. The van der Waals surface area contributed by atoms with Crippen molar-refractivity contribution in [3.8, 4) is 28.6 Å². The van der Waals surface area contributed by atoms with Crippen molar-refractivity contribution >= 4 is 10.9 Å². The molecule has 1 fully saturated rings. The Morgan fingerprint density at radius 1 is 0.892 bits per heavy atom. The highest BCUT2D eigenvalue weighted by atomic mass is 16.5. The van der Waals surface area contributed by atoms with Gasteiger partial charge < -0.3 is 9.47 Å². The van der Waals surface area contributed by atoms with Gasteiger partial charge in [0.2, 0.25) is 0 Å². The quantitative estimate of drug-likeness (QED) is 0.273. The number of aryl methyl sites for hydroxylation is 2. The van der Waals surface area contributed by atoms with Gasteiger partial charge in [-0.2, -0.15) is 0 Å². The molecule has 0 aliphatic heterocycles. The number of fused-ring (bicyclic) bond motifs is 1. The van der Waals surface area contributed by atoms with Crippen molar-refractivity contribution in [2.75, 3.05) is 7.11 Å². The lowest BCUT2D eigenvalue weighted by Crippen LogP contribution is -2.27. The van der Waals surface area contributed by atoms with Crippen LogP contribution >= 0.6 is 0 Å². The summed E-state index contributed by atoms with van der Waals surface area (Å²) in [5.41, 5.74) is 3.65. The van der Waals surface area contributed by atoms with Crippen LogP contribution in [0.25, 0.3) is 22.3 Å². The normalized spacial score (nSPS) is 14.8. The Hall–Kier alpha value is -3.60. The third-order valence-corrected chi connectivity index (χ3v) is 7.51. The first kappa shape index (κ1) is 25.1. The van der Waals surface area contributed by atoms with Gasteiger partial charge in [0.05, 0.1) is 23.6 Å². The van der Waals surface area contributed by atoms with Crippen LogP contribution in [0.4, 0.5) is 0 Å². The maximum Gasteiger partial charge on any atom is 0.261 e. The summed E-state index contributed by atoms with van der Waals surface area (Å²) in [5.74, 6) is 3.28. The Labute approximate surface area is 219 Å². The molecule has 5 heteroatoms. The molecule has 0 spiro atoms. The monoisotopic (exact) mass is 496 g/mol. The average Bonchev–Trinajstić information content (AvgIpc) is 2.89. The summed E-state index contributed by atoms with van der Waals surface area (Å²) in [6.07, 6.45) is 8.60. The topological polar surface area (TPSA) is 53.4 Å². The minimum atomic E-state index is -0.0284. The molecule has 0 N–H and O–H groups in total. The highest BCUT2D eigenvalue weighted by molar-refractivity contribution is 5.82. The SMILES string of the molecule is COc1ccccc1-c1nc2ccc(Oc3cc(C)ccc3C)cc2c(=O)n1CC1CCCCCCC1. The largest absolute Gasteiger partial charge is 0.496 e. The fourth-order valence-electron chi connectivity index (χ4n) is 5.39. The summed E-state index contributed by atoms with van der Waals surface area (Å²) in [5, 5.41) is 0.576. The van der Waals surface area contributed by atoms with Crippen LogP contribution in [0.5, 0.6) is 17.2 Å². The van der Waals surface area contributed by atoms with Gasteiger partial charge >= 0.3 is 0 Å². The van der Waals surface area contributed by atoms with Crippen molar-refractivity contribution in [3.05, 3.63) is 82.1 Å². The molecule has 1 saturated carbocycles. The third-order valence-electron chi connectivity index (χ3n) is 7.51. The van der Waals surface area contributed by atoms with E-state index in [2.05, 4.69) is 12.1 Å². The van der Waals surface area contributed by atoms with E-state index in [-0.39, 0.29) is 5.56 Å². The number of rotatable bonds is 6. The molecule has 0 unspecified atom stereocenters. The number of benzene rings is 3. The van der Waals surface area contributed by atoms with Crippen LogP contribution in [0.3, 0.4) is 0 Å². The molecule has 1 aromatic heterocycles. The van der Waals surface area contributed by atoms with Crippen molar-refractivity contribution in [1.82, 2.24) is 9.55 Å². The molecule has 5 rings (SSSR count). The molecule has 1 aliphatic carbocycles. The van der Waals surface area contributed by atoms with Gasteiger partial charge in [-0.15, -0.1) is 0 Å². The van der Waals surface area contributed by atoms with Gasteiger partial charge in [-0.1, -0.05) is 56.4 Å². The van der Waals surface area contributed by atoms with E-state index in [0.29, 0.717) is 34.9 Å². The summed E-state index contributed by atoms with van der Waals surface area (Å²) in [6.45, 7) is 4.74. The highest BCUT2D eigenvalue weighted by Crippen LogP contribution is 2.32. The number of para-hydroxylation sites is 1. The van der Waals surface area contributed by atoms with Crippen molar-refractivity contribution in [1.29, 1.82) is 0 Å². The molecular weight excluding hydrogens is 460 g/mol. The van der Waals surface area contributed by atoms with Gasteiger partial charge in [-0.05, 0) is 80.1 Å². The Kier molecular flexibility index (Phi) is 7.59. The number of methoxy groups -OCH3 is 1. The molecule has 0 amide bonds. The molecule has 0 radical (unpaired) electrons. The van der Waals surface area contributed by atoms with Crippen molar-refractivity contribution < 1.29 is 9.47 Å². The van der Waals surface area contributed by atoms with Gasteiger partial charge in [-0.3, -0.25) is 9.36 Å². The number of aromatic nitrogens is 2. The predicted molar refractivity (Wildman–Crippen MR) is 150 cm³/mol. The molecule has 37 heavy (non-hydrogen) atoms. The second kappa shape index (κ2) is 11.2. The van der Waals surface area contributed by atoms with E-state index in [1.807, 2.05) is 66.9 Å². The summed E-state index contributed by atoms with van der Waals surface area (Å²) in [7, 11) is 1.66. The number of nitrogens with zero attached hydrogens (tertiary/aromatic N) is 2. The Balaban J connectivity index is 1.61. The Bertz CT molecular complexity index is 1450. The molecule has 3 aromatic carbocycles. The predicted octanol–water partition coefficient (Wildman–Crippen LogP) is 7.84. The molecule has 0 bridgehead atoms. The van der Waals surface area contributed by atoms with Crippen molar-refractivity contribution in [3.63, 3.8) is 0 Å². The molecule has 0 saturated heterocycles. The summed E-state index contributed by atoms with van der Waals surface area (Å²) in [6, 6.07) is 19.6. The summed E-state index contributed by atoms with van der Waals surface area (Å²) >= 11 is 0. The zero-order valence-corrected chi connectivity index (χ0v) is 22.1. The fraction of sp³-hybridized carbons (Fsp3) is 0.375. The number of ether oxygens (including phenoxy) is 2. The molecule has 4 aromatic rings. The lowest BCUT2D eigenvalue weighted by atomic mass is 9.91. The highest BCUT2D eigenvalue weighted by Gasteiger charge is 2.20. The summed E-state index contributed by atoms with van der Waals surface area (Å²) in [4.78, 5) is 19.1. The van der Waals surface area contributed by atoms with Crippen molar-refractivity contribution in [2.24, 2.45) is 5.92 Å². The van der Waals surface area contributed by atoms with Crippen LogP contribution in [0, 0.1) is 19.8 Å². The minimum absolute atomic E-state index is 0.0284. The maximum absolute atomic E-state index is 14.1. The zero-order valence-electron chi connectivity index (χ0n) is 22.1. The van der Waals surface area contributed by atoms with Gasteiger partial charge in [-0.25, -0.2) is 4.98 Å². The van der Waals surface area contributed by atoms with Crippen LogP contribution in [0.2, 0.25) is 0 Å².